The van der Waals surface area contributed by atoms with E-state index < -0.39 is 0 Å². The smallest absolute Gasteiger partial charge is 0.258 e. The number of nitrogens with zero attached hydrogens (tertiary/aromatic N) is 2. The molecule has 0 radical (unpaired) electrons. The number of anilines is 2. The zero-order valence-corrected chi connectivity index (χ0v) is 13.2. The third-order valence-electron chi connectivity index (χ3n) is 4.06. The molecule has 0 aromatic heterocycles. The molecule has 1 aliphatic heterocycles. The molecule has 2 aromatic rings. The van der Waals surface area contributed by atoms with Gasteiger partial charge in [-0.25, -0.2) is 0 Å². The van der Waals surface area contributed by atoms with Crippen LogP contribution in [0.3, 0.4) is 0 Å². The molecule has 0 aliphatic carbocycles. The van der Waals surface area contributed by atoms with Crippen molar-refractivity contribution in [3.63, 3.8) is 0 Å². The van der Waals surface area contributed by atoms with Crippen molar-refractivity contribution in [3.05, 3.63) is 53.6 Å². The van der Waals surface area contributed by atoms with E-state index in [-0.39, 0.29) is 5.91 Å². The van der Waals surface area contributed by atoms with Crippen LogP contribution in [-0.2, 0) is 6.42 Å². The first-order valence-corrected chi connectivity index (χ1v) is 7.36. The van der Waals surface area contributed by atoms with Crippen LogP contribution in [0.25, 0.3) is 0 Å². The molecule has 1 aliphatic rings. The molecule has 0 N–H and O–H groups in total. The van der Waals surface area contributed by atoms with Crippen molar-refractivity contribution < 1.29 is 9.53 Å². The molecule has 1 heterocycles. The maximum Gasteiger partial charge on any atom is 0.258 e. The molecule has 3 rings (SSSR count). The van der Waals surface area contributed by atoms with E-state index in [4.69, 9.17) is 4.74 Å². The lowest BCUT2D eigenvalue weighted by Gasteiger charge is -2.18. The summed E-state index contributed by atoms with van der Waals surface area (Å²) in [4.78, 5) is 16.6. The number of carbonyl (C=O) groups excluding carboxylic acids is 1. The van der Waals surface area contributed by atoms with Crippen molar-refractivity contribution in [1.29, 1.82) is 0 Å². The highest BCUT2D eigenvalue weighted by molar-refractivity contribution is 6.07. The van der Waals surface area contributed by atoms with E-state index in [0.29, 0.717) is 5.56 Å². The van der Waals surface area contributed by atoms with Crippen molar-refractivity contribution >= 4 is 17.3 Å². The van der Waals surface area contributed by atoms with Crippen LogP contribution in [0.15, 0.2) is 42.5 Å². The fourth-order valence-corrected chi connectivity index (χ4v) is 2.77. The van der Waals surface area contributed by atoms with Gasteiger partial charge in [0.1, 0.15) is 5.75 Å². The average molecular weight is 296 g/mol. The van der Waals surface area contributed by atoms with Gasteiger partial charge < -0.3 is 14.5 Å². The summed E-state index contributed by atoms with van der Waals surface area (Å²) < 4.78 is 5.25. The van der Waals surface area contributed by atoms with Gasteiger partial charge in [0, 0.05) is 37.6 Å². The number of amides is 1. The number of hydrogen-bond acceptors (Lipinski definition) is 3. The molecule has 4 heteroatoms. The first-order chi connectivity index (χ1) is 10.6. The highest BCUT2D eigenvalue weighted by Gasteiger charge is 2.25. The zero-order valence-electron chi connectivity index (χ0n) is 13.2. The molecule has 0 unspecified atom stereocenters. The largest absolute Gasteiger partial charge is 0.497 e. The van der Waals surface area contributed by atoms with Crippen LogP contribution < -0.4 is 14.5 Å². The predicted molar refractivity (Wildman–Crippen MR) is 89.1 cm³/mol. The zero-order chi connectivity index (χ0) is 15.7. The van der Waals surface area contributed by atoms with Crippen LogP contribution in [0.4, 0.5) is 11.4 Å². The summed E-state index contributed by atoms with van der Waals surface area (Å²) in [5.74, 6) is 0.887. The molecular formula is C18H20N2O2. The number of benzene rings is 2. The molecule has 114 valence electrons. The van der Waals surface area contributed by atoms with Crippen LogP contribution in [0.2, 0.25) is 0 Å². The monoisotopic (exact) mass is 296 g/mol. The summed E-state index contributed by atoms with van der Waals surface area (Å²) in [5.41, 5.74) is 3.96. The quantitative estimate of drug-likeness (QED) is 0.873. The number of methoxy groups -OCH3 is 1. The molecule has 0 fully saturated rings. The number of rotatable bonds is 3. The van der Waals surface area contributed by atoms with Crippen molar-refractivity contribution in [2.45, 2.75) is 6.42 Å². The van der Waals surface area contributed by atoms with Crippen molar-refractivity contribution in [2.75, 3.05) is 37.5 Å². The molecule has 0 spiro atoms. The Hall–Kier alpha value is -2.49. The Morgan fingerprint density at radius 3 is 2.50 bits per heavy atom. The molecule has 0 atom stereocenters. The van der Waals surface area contributed by atoms with Gasteiger partial charge in [0.15, 0.2) is 0 Å². The third-order valence-corrected chi connectivity index (χ3v) is 4.06. The Balaban J connectivity index is 1.85. The van der Waals surface area contributed by atoms with E-state index in [1.807, 2.05) is 66.4 Å². The summed E-state index contributed by atoms with van der Waals surface area (Å²) in [6.45, 7) is 0.719. The van der Waals surface area contributed by atoms with Gasteiger partial charge in [-0.15, -0.1) is 0 Å². The third kappa shape index (κ3) is 2.52. The van der Waals surface area contributed by atoms with Gasteiger partial charge in [0.05, 0.1) is 7.11 Å². The van der Waals surface area contributed by atoms with Gasteiger partial charge in [-0.3, -0.25) is 4.79 Å². The Labute approximate surface area is 130 Å². The molecular weight excluding hydrogens is 276 g/mol. The van der Waals surface area contributed by atoms with Crippen LogP contribution in [-0.4, -0.2) is 33.7 Å². The maximum absolute atomic E-state index is 12.7. The Bertz CT molecular complexity index is 693. The van der Waals surface area contributed by atoms with Crippen LogP contribution in [0.1, 0.15) is 15.9 Å². The fraction of sp³-hybridized carbons (Fsp3) is 0.278. The molecule has 2 aromatic carbocycles. The van der Waals surface area contributed by atoms with E-state index >= 15 is 0 Å². The van der Waals surface area contributed by atoms with Gasteiger partial charge in [0.25, 0.3) is 5.91 Å². The second-order valence-corrected chi connectivity index (χ2v) is 5.64. The van der Waals surface area contributed by atoms with E-state index in [2.05, 4.69) is 0 Å². The molecule has 0 bridgehead atoms. The second kappa shape index (κ2) is 5.72. The van der Waals surface area contributed by atoms with Crippen LogP contribution in [0, 0.1) is 0 Å². The lowest BCUT2D eigenvalue weighted by atomic mass is 10.1. The van der Waals surface area contributed by atoms with Gasteiger partial charge in [-0.05, 0) is 54.4 Å². The normalized spacial score (nSPS) is 13.0. The topological polar surface area (TPSA) is 32.8 Å². The maximum atomic E-state index is 12.7. The lowest BCUT2D eigenvalue weighted by molar-refractivity contribution is 0.0989. The minimum Gasteiger partial charge on any atom is -0.497 e. The Morgan fingerprint density at radius 2 is 1.86 bits per heavy atom. The molecule has 1 amide bonds. The Morgan fingerprint density at radius 1 is 1.14 bits per heavy atom. The lowest BCUT2D eigenvalue weighted by Crippen LogP contribution is -2.28. The summed E-state index contributed by atoms with van der Waals surface area (Å²) in [6, 6.07) is 13.6. The summed E-state index contributed by atoms with van der Waals surface area (Å²) >= 11 is 0. The van der Waals surface area contributed by atoms with Crippen LogP contribution >= 0.6 is 0 Å². The predicted octanol–water partition coefficient (Wildman–Crippen LogP) is 2.96. The van der Waals surface area contributed by atoms with Gasteiger partial charge in [-0.2, -0.15) is 0 Å². The minimum absolute atomic E-state index is 0.0502. The molecule has 0 saturated heterocycles. The molecule has 0 saturated carbocycles. The van der Waals surface area contributed by atoms with E-state index in [0.717, 1.165) is 35.7 Å². The van der Waals surface area contributed by atoms with Crippen molar-refractivity contribution in [2.24, 2.45) is 0 Å². The highest BCUT2D eigenvalue weighted by atomic mass is 16.5. The first kappa shape index (κ1) is 14.4. The van der Waals surface area contributed by atoms with E-state index in [1.165, 1.54) is 0 Å². The number of fused-ring (bicyclic) bond motifs is 1. The number of carbonyl (C=O) groups is 1. The van der Waals surface area contributed by atoms with E-state index in [9.17, 15) is 4.79 Å². The number of ether oxygens (including phenoxy) is 1. The molecule has 4 nitrogen and oxygen atoms in total. The van der Waals surface area contributed by atoms with Gasteiger partial charge in [0.2, 0.25) is 0 Å². The van der Waals surface area contributed by atoms with Crippen molar-refractivity contribution in [1.82, 2.24) is 0 Å². The van der Waals surface area contributed by atoms with Crippen molar-refractivity contribution in [3.8, 4) is 5.75 Å². The summed E-state index contributed by atoms with van der Waals surface area (Å²) in [7, 11) is 5.63. The molecule has 22 heavy (non-hydrogen) atoms. The first-order valence-electron chi connectivity index (χ1n) is 7.36. The SMILES string of the molecule is COc1ccc2c(c1)CCN2C(=O)c1ccc(N(C)C)cc1. The van der Waals surface area contributed by atoms with Gasteiger partial charge in [-0.1, -0.05) is 0 Å². The second-order valence-electron chi connectivity index (χ2n) is 5.64. The number of hydrogen-bond donors (Lipinski definition) is 0. The fourth-order valence-electron chi connectivity index (χ4n) is 2.77. The average Bonchev–Trinajstić information content (AvgIpc) is 2.97. The van der Waals surface area contributed by atoms with Gasteiger partial charge >= 0.3 is 0 Å². The highest BCUT2D eigenvalue weighted by Crippen LogP contribution is 2.32. The summed E-state index contributed by atoms with van der Waals surface area (Å²) in [5, 5.41) is 0. The van der Waals surface area contributed by atoms with Crippen LogP contribution in [0.5, 0.6) is 5.75 Å². The Kier molecular flexibility index (Phi) is 3.75. The standard InChI is InChI=1S/C18H20N2O2/c1-19(2)15-6-4-13(5-7-15)18(21)20-11-10-14-12-16(22-3)8-9-17(14)20/h4-9,12H,10-11H2,1-3H3. The minimum atomic E-state index is 0.0502. The van der Waals surface area contributed by atoms with E-state index in [1.54, 1.807) is 7.11 Å². The summed E-state index contributed by atoms with van der Waals surface area (Å²) in [6.07, 6.45) is 0.869.